The van der Waals surface area contributed by atoms with Gasteiger partial charge in [-0.3, -0.25) is 0 Å². The molecule has 0 aromatic carbocycles. The van der Waals surface area contributed by atoms with Crippen LogP contribution in [-0.4, -0.2) is 19.1 Å². The van der Waals surface area contributed by atoms with Crippen molar-refractivity contribution in [2.24, 2.45) is 0 Å². The largest absolute Gasteiger partial charge is 0.463 e. The molecule has 0 amide bonds. The maximum atomic E-state index is 11.4. The summed E-state index contributed by atoms with van der Waals surface area (Å²) < 4.78 is 4.97. The summed E-state index contributed by atoms with van der Waals surface area (Å²) in [5.74, 6) is -0.143. The van der Waals surface area contributed by atoms with E-state index in [0.29, 0.717) is 6.61 Å². The van der Waals surface area contributed by atoms with E-state index in [2.05, 4.69) is 5.32 Å². The Hall–Kier alpha value is -0.990. The molecule has 1 rings (SSSR count). The van der Waals surface area contributed by atoms with Gasteiger partial charge in [-0.05, 0) is 33.1 Å². The minimum atomic E-state index is -0.143. The second-order valence-corrected chi connectivity index (χ2v) is 3.06. The molecule has 0 unspecified atom stereocenters. The van der Waals surface area contributed by atoms with Gasteiger partial charge in [0.1, 0.15) is 0 Å². The van der Waals surface area contributed by atoms with Crippen LogP contribution in [0, 0.1) is 0 Å². The van der Waals surface area contributed by atoms with Gasteiger partial charge in [0.05, 0.1) is 12.2 Å². The van der Waals surface area contributed by atoms with E-state index >= 15 is 0 Å². The number of carbonyl (C=O) groups is 1. The number of hydrogen-bond donors (Lipinski definition) is 1. The molecule has 0 heterocycles. The fraction of sp³-hybridized carbons (Fsp3) is 0.700. The number of allylic oxidation sites excluding steroid dienone is 1. The molecule has 0 saturated carbocycles. The Morgan fingerprint density at radius 2 is 2.23 bits per heavy atom. The van der Waals surface area contributed by atoms with E-state index in [0.717, 1.165) is 37.1 Å². The summed E-state index contributed by atoms with van der Waals surface area (Å²) in [7, 11) is 0. The van der Waals surface area contributed by atoms with Crippen LogP contribution in [0.1, 0.15) is 33.1 Å². The lowest BCUT2D eigenvalue weighted by atomic mass is 10.2. The summed E-state index contributed by atoms with van der Waals surface area (Å²) in [4.78, 5) is 11.4. The first-order valence-electron chi connectivity index (χ1n) is 4.92. The summed E-state index contributed by atoms with van der Waals surface area (Å²) in [6, 6.07) is 0. The third-order valence-electron chi connectivity index (χ3n) is 2.13. The van der Waals surface area contributed by atoms with Gasteiger partial charge >= 0.3 is 5.97 Å². The lowest BCUT2D eigenvalue weighted by Crippen LogP contribution is -2.16. The molecule has 0 aliphatic heterocycles. The molecule has 1 aliphatic carbocycles. The van der Waals surface area contributed by atoms with Crippen molar-refractivity contribution >= 4 is 5.97 Å². The minimum absolute atomic E-state index is 0.143. The van der Waals surface area contributed by atoms with Gasteiger partial charge < -0.3 is 10.1 Å². The Balaban J connectivity index is 2.63. The smallest absolute Gasteiger partial charge is 0.335 e. The van der Waals surface area contributed by atoms with E-state index in [9.17, 15) is 4.79 Å². The average molecular weight is 183 g/mol. The standard InChI is InChI=1S/C10H17NO2/c1-3-11-9-7-5-6-8(9)10(12)13-4-2/h11H,3-7H2,1-2H3. The number of carbonyl (C=O) groups excluding carboxylic acids is 1. The van der Waals surface area contributed by atoms with Crippen molar-refractivity contribution in [2.75, 3.05) is 13.2 Å². The van der Waals surface area contributed by atoms with Gasteiger partial charge in [0, 0.05) is 12.2 Å². The second kappa shape index (κ2) is 4.90. The van der Waals surface area contributed by atoms with Crippen molar-refractivity contribution in [2.45, 2.75) is 33.1 Å². The van der Waals surface area contributed by atoms with Crippen LogP contribution in [-0.2, 0) is 9.53 Å². The normalized spacial score (nSPS) is 16.2. The first kappa shape index (κ1) is 10.1. The summed E-state index contributed by atoms with van der Waals surface area (Å²) in [6.45, 7) is 5.20. The maximum absolute atomic E-state index is 11.4. The summed E-state index contributed by atoms with van der Waals surface area (Å²) in [6.07, 6.45) is 2.92. The third-order valence-corrected chi connectivity index (χ3v) is 2.13. The predicted molar refractivity (Wildman–Crippen MR) is 51.2 cm³/mol. The second-order valence-electron chi connectivity index (χ2n) is 3.06. The van der Waals surface area contributed by atoms with Crippen LogP contribution in [0.25, 0.3) is 0 Å². The van der Waals surface area contributed by atoms with Crippen LogP contribution >= 0.6 is 0 Å². The van der Waals surface area contributed by atoms with Crippen molar-refractivity contribution in [3.8, 4) is 0 Å². The molecular weight excluding hydrogens is 166 g/mol. The van der Waals surface area contributed by atoms with Crippen LogP contribution in [0.3, 0.4) is 0 Å². The third kappa shape index (κ3) is 2.47. The molecule has 3 heteroatoms. The van der Waals surface area contributed by atoms with Gasteiger partial charge in [0.25, 0.3) is 0 Å². The van der Waals surface area contributed by atoms with Gasteiger partial charge in [-0.25, -0.2) is 4.79 Å². The van der Waals surface area contributed by atoms with Crippen molar-refractivity contribution < 1.29 is 9.53 Å². The fourth-order valence-corrected chi connectivity index (χ4v) is 1.60. The number of rotatable bonds is 4. The molecule has 0 spiro atoms. The Morgan fingerprint density at radius 1 is 1.46 bits per heavy atom. The minimum Gasteiger partial charge on any atom is -0.463 e. The zero-order chi connectivity index (χ0) is 9.68. The van der Waals surface area contributed by atoms with E-state index in [1.54, 1.807) is 0 Å². The molecule has 0 aromatic rings. The molecule has 74 valence electrons. The molecule has 0 saturated heterocycles. The van der Waals surface area contributed by atoms with Crippen molar-refractivity contribution in [1.29, 1.82) is 0 Å². The van der Waals surface area contributed by atoms with Crippen LogP contribution in [0.5, 0.6) is 0 Å². The molecule has 0 bridgehead atoms. The van der Waals surface area contributed by atoms with Gasteiger partial charge in [-0.15, -0.1) is 0 Å². The highest BCUT2D eigenvalue weighted by atomic mass is 16.5. The highest BCUT2D eigenvalue weighted by molar-refractivity contribution is 5.89. The van der Waals surface area contributed by atoms with Crippen LogP contribution < -0.4 is 5.32 Å². The number of esters is 1. The zero-order valence-electron chi connectivity index (χ0n) is 8.35. The van der Waals surface area contributed by atoms with E-state index in [1.807, 2.05) is 13.8 Å². The van der Waals surface area contributed by atoms with Crippen LogP contribution in [0.2, 0.25) is 0 Å². The monoisotopic (exact) mass is 183 g/mol. The van der Waals surface area contributed by atoms with E-state index in [1.165, 1.54) is 0 Å². The number of nitrogens with one attached hydrogen (secondary N) is 1. The molecule has 13 heavy (non-hydrogen) atoms. The molecular formula is C10H17NO2. The van der Waals surface area contributed by atoms with Crippen LogP contribution in [0.4, 0.5) is 0 Å². The number of hydrogen-bond acceptors (Lipinski definition) is 3. The lowest BCUT2D eigenvalue weighted by molar-refractivity contribution is -0.138. The van der Waals surface area contributed by atoms with E-state index in [4.69, 9.17) is 4.74 Å². The first-order valence-corrected chi connectivity index (χ1v) is 4.92. The van der Waals surface area contributed by atoms with Gasteiger partial charge in [0.15, 0.2) is 0 Å². The average Bonchev–Trinajstić information content (AvgIpc) is 2.54. The van der Waals surface area contributed by atoms with Crippen molar-refractivity contribution in [1.82, 2.24) is 5.32 Å². The van der Waals surface area contributed by atoms with E-state index in [-0.39, 0.29) is 5.97 Å². The molecule has 1 N–H and O–H groups in total. The molecule has 0 fully saturated rings. The Morgan fingerprint density at radius 3 is 2.85 bits per heavy atom. The topological polar surface area (TPSA) is 38.3 Å². The molecule has 1 aliphatic rings. The maximum Gasteiger partial charge on any atom is 0.335 e. The summed E-state index contributed by atoms with van der Waals surface area (Å²) in [5.41, 5.74) is 1.93. The molecule has 0 atom stereocenters. The molecule has 0 radical (unpaired) electrons. The first-order chi connectivity index (χ1) is 6.29. The van der Waals surface area contributed by atoms with E-state index < -0.39 is 0 Å². The predicted octanol–water partition coefficient (Wildman–Crippen LogP) is 1.60. The summed E-state index contributed by atoms with van der Waals surface area (Å²) >= 11 is 0. The molecule has 3 nitrogen and oxygen atoms in total. The number of ether oxygens (including phenoxy) is 1. The van der Waals surface area contributed by atoms with Crippen LogP contribution in [0.15, 0.2) is 11.3 Å². The lowest BCUT2D eigenvalue weighted by Gasteiger charge is -2.07. The Kier molecular flexibility index (Phi) is 3.80. The Labute approximate surface area is 79.2 Å². The summed E-state index contributed by atoms with van der Waals surface area (Å²) in [5, 5.41) is 3.21. The highest BCUT2D eigenvalue weighted by Crippen LogP contribution is 2.24. The molecule has 0 aromatic heterocycles. The van der Waals surface area contributed by atoms with Gasteiger partial charge in [0.2, 0.25) is 0 Å². The van der Waals surface area contributed by atoms with Crippen molar-refractivity contribution in [3.63, 3.8) is 0 Å². The highest BCUT2D eigenvalue weighted by Gasteiger charge is 2.20. The van der Waals surface area contributed by atoms with Gasteiger partial charge in [-0.1, -0.05) is 0 Å². The van der Waals surface area contributed by atoms with Crippen molar-refractivity contribution in [3.05, 3.63) is 11.3 Å². The van der Waals surface area contributed by atoms with Gasteiger partial charge in [-0.2, -0.15) is 0 Å². The zero-order valence-corrected chi connectivity index (χ0v) is 8.35. The fourth-order valence-electron chi connectivity index (χ4n) is 1.60. The Bertz CT molecular complexity index is 221. The quantitative estimate of drug-likeness (QED) is 0.673. The SMILES string of the molecule is CCNC1=C(C(=O)OCC)CCC1.